The first kappa shape index (κ1) is 16.1. The minimum absolute atomic E-state index is 0.0403. The summed E-state index contributed by atoms with van der Waals surface area (Å²) in [5, 5.41) is 11.9. The Bertz CT molecular complexity index is 473. The molecular weight excluding hydrogens is 290 g/mol. The van der Waals surface area contributed by atoms with E-state index in [4.69, 9.17) is 21.4 Å². The molecule has 0 heterocycles. The van der Waals surface area contributed by atoms with E-state index >= 15 is 0 Å². The van der Waals surface area contributed by atoms with E-state index in [1.54, 1.807) is 6.07 Å². The topological polar surface area (TPSA) is 58.6 Å². The van der Waals surface area contributed by atoms with Crippen LogP contribution in [0.2, 0.25) is 5.02 Å². The Morgan fingerprint density at radius 1 is 1.33 bits per heavy atom. The van der Waals surface area contributed by atoms with Crippen molar-refractivity contribution in [2.75, 3.05) is 19.8 Å². The van der Waals surface area contributed by atoms with Gasteiger partial charge in [0.1, 0.15) is 5.75 Å². The van der Waals surface area contributed by atoms with Gasteiger partial charge in [-0.2, -0.15) is 0 Å². The van der Waals surface area contributed by atoms with Crippen LogP contribution in [0.3, 0.4) is 0 Å². The van der Waals surface area contributed by atoms with Gasteiger partial charge in [-0.05, 0) is 42.5 Å². The summed E-state index contributed by atoms with van der Waals surface area (Å²) in [6.45, 7) is 0.139. The minimum atomic E-state index is -0.228. The Kier molecular flexibility index (Phi) is 6.33. The Morgan fingerprint density at radius 3 is 2.81 bits per heavy atom. The molecule has 1 aliphatic carbocycles. The van der Waals surface area contributed by atoms with Gasteiger partial charge in [0.2, 0.25) is 0 Å². The van der Waals surface area contributed by atoms with E-state index in [9.17, 15) is 4.79 Å². The highest BCUT2D eigenvalue weighted by molar-refractivity contribution is 6.30. The number of benzene rings is 1. The molecule has 116 valence electrons. The summed E-state index contributed by atoms with van der Waals surface area (Å²) in [5.41, 5.74) is 1.11. The zero-order valence-electron chi connectivity index (χ0n) is 12.1. The molecule has 0 radical (unpaired) electrons. The molecule has 1 amide bonds. The lowest BCUT2D eigenvalue weighted by Gasteiger charge is -2.24. The lowest BCUT2D eigenvalue weighted by molar-refractivity contribution is -0.123. The van der Waals surface area contributed by atoms with Gasteiger partial charge >= 0.3 is 0 Å². The number of carbonyl (C=O) groups is 1. The largest absolute Gasteiger partial charge is 0.483 e. The van der Waals surface area contributed by atoms with Crippen molar-refractivity contribution in [3.8, 4) is 5.75 Å². The molecule has 0 aromatic heterocycles. The zero-order chi connectivity index (χ0) is 15.1. The molecule has 4 nitrogen and oxygen atoms in total. The molecule has 1 saturated carbocycles. The standard InChI is InChI=1S/C16H22ClNO3/c17-13-6-7-15(21-11-16(20)18-8-9-19)14(10-13)12-4-2-1-3-5-12/h6-7,10,12,19H,1-5,8-9,11H2,(H,18,20). The fraction of sp³-hybridized carbons (Fsp3) is 0.562. The van der Waals surface area contributed by atoms with Crippen LogP contribution in [-0.2, 0) is 4.79 Å². The average Bonchev–Trinajstić information content (AvgIpc) is 2.52. The van der Waals surface area contributed by atoms with E-state index in [0.29, 0.717) is 10.9 Å². The van der Waals surface area contributed by atoms with E-state index in [-0.39, 0.29) is 25.7 Å². The number of hydrogen-bond donors (Lipinski definition) is 2. The van der Waals surface area contributed by atoms with Crippen molar-refractivity contribution in [2.45, 2.75) is 38.0 Å². The van der Waals surface area contributed by atoms with Crippen molar-refractivity contribution in [3.63, 3.8) is 0 Å². The lowest BCUT2D eigenvalue weighted by Crippen LogP contribution is -2.31. The second-order valence-corrected chi connectivity index (χ2v) is 5.82. The highest BCUT2D eigenvalue weighted by atomic mass is 35.5. The highest BCUT2D eigenvalue weighted by Gasteiger charge is 2.20. The molecule has 2 rings (SSSR count). The average molecular weight is 312 g/mol. The second kappa shape index (κ2) is 8.25. The first-order valence-corrected chi connectivity index (χ1v) is 7.88. The van der Waals surface area contributed by atoms with Crippen LogP contribution in [0.1, 0.15) is 43.6 Å². The summed E-state index contributed by atoms with van der Waals surface area (Å²) in [4.78, 5) is 11.6. The molecule has 0 unspecified atom stereocenters. The zero-order valence-corrected chi connectivity index (χ0v) is 12.9. The SMILES string of the molecule is O=C(COc1ccc(Cl)cc1C1CCCCC1)NCCO. The number of nitrogens with one attached hydrogen (secondary N) is 1. The van der Waals surface area contributed by atoms with E-state index in [1.807, 2.05) is 12.1 Å². The van der Waals surface area contributed by atoms with Crippen molar-refractivity contribution < 1.29 is 14.6 Å². The summed E-state index contributed by atoms with van der Waals surface area (Å²) in [6, 6.07) is 5.58. The summed E-state index contributed by atoms with van der Waals surface area (Å²) in [5.74, 6) is 0.979. The van der Waals surface area contributed by atoms with Crippen LogP contribution in [0.5, 0.6) is 5.75 Å². The van der Waals surface area contributed by atoms with Crippen molar-refractivity contribution >= 4 is 17.5 Å². The number of carbonyl (C=O) groups excluding carboxylic acids is 1. The molecule has 1 fully saturated rings. The van der Waals surface area contributed by atoms with Gasteiger partial charge in [0.15, 0.2) is 6.61 Å². The van der Waals surface area contributed by atoms with Gasteiger partial charge in [-0.15, -0.1) is 0 Å². The number of halogens is 1. The molecule has 1 aromatic carbocycles. The number of aliphatic hydroxyl groups excluding tert-OH is 1. The van der Waals surface area contributed by atoms with Crippen LogP contribution in [-0.4, -0.2) is 30.8 Å². The quantitative estimate of drug-likeness (QED) is 0.849. The second-order valence-electron chi connectivity index (χ2n) is 5.38. The Morgan fingerprint density at radius 2 is 2.10 bits per heavy atom. The molecule has 0 bridgehead atoms. The molecule has 21 heavy (non-hydrogen) atoms. The lowest BCUT2D eigenvalue weighted by atomic mass is 9.84. The Hall–Kier alpha value is -1.26. The maximum Gasteiger partial charge on any atom is 0.258 e. The van der Waals surface area contributed by atoms with Gasteiger partial charge in [0, 0.05) is 11.6 Å². The number of amides is 1. The summed E-state index contributed by atoms with van der Waals surface area (Å²) >= 11 is 6.10. The maximum absolute atomic E-state index is 11.6. The van der Waals surface area contributed by atoms with Crippen LogP contribution >= 0.6 is 11.6 Å². The smallest absolute Gasteiger partial charge is 0.258 e. The molecule has 0 aliphatic heterocycles. The van der Waals surface area contributed by atoms with Crippen LogP contribution in [0, 0.1) is 0 Å². The molecule has 1 aliphatic rings. The van der Waals surface area contributed by atoms with E-state index in [1.165, 1.54) is 19.3 Å². The van der Waals surface area contributed by atoms with E-state index in [2.05, 4.69) is 5.32 Å². The van der Waals surface area contributed by atoms with E-state index < -0.39 is 0 Å². The van der Waals surface area contributed by atoms with Gasteiger partial charge in [0.05, 0.1) is 6.61 Å². The molecule has 0 saturated heterocycles. The molecule has 5 heteroatoms. The maximum atomic E-state index is 11.6. The minimum Gasteiger partial charge on any atom is -0.483 e. The number of aliphatic hydroxyl groups is 1. The molecule has 0 spiro atoms. The van der Waals surface area contributed by atoms with Crippen molar-refractivity contribution in [2.24, 2.45) is 0 Å². The molecule has 2 N–H and O–H groups in total. The van der Waals surface area contributed by atoms with Gasteiger partial charge in [-0.25, -0.2) is 0 Å². The first-order chi connectivity index (χ1) is 10.2. The van der Waals surface area contributed by atoms with Gasteiger partial charge in [-0.3, -0.25) is 4.79 Å². The summed E-state index contributed by atoms with van der Waals surface area (Å²) < 4.78 is 5.65. The molecule has 1 aromatic rings. The van der Waals surface area contributed by atoms with Gasteiger partial charge in [0.25, 0.3) is 5.91 Å². The third-order valence-electron chi connectivity index (χ3n) is 3.81. The fourth-order valence-corrected chi connectivity index (χ4v) is 2.95. The summed E-state index contributed by atoms with van der Waals surface area (Å²) in [6.07, 6.45) is 6.04. The normalized spacial score (nSPS) is 15.7. The van der Waals surface area contributed by atoms with Crippen LogP contribution < -0.4 is 10.1 Å². The Labute approximate surface area is 130 Å². The third kappa shape index (κ3) is 4.90. The number of hydrogen-bond acceptors (Lipinski definition) is 3. The van der Waals surface area contributed by atoms with Crippen LogP contribution in [0.4, 0.5) is 0 Å². The number of ether oxygens (including phenoxy) is 1. The van der Waals surface area contributed by atoms with E-state index in [0.717, 1.165) is 24.2 Å². The third-order valence-corrected chi connectivity index (χ3v) is 4.04. The monoisotopic (exact) mass is 311 g/mol. The fourth-order valence-electron chi connectivity index (χ4n) is 2.77. The predicted octanol–water partition coefficient (Wildman–Crippen LogP) is 2.88. The molecular formula is C16H22ClNO3. The summed E-state index contributed by atoms with van der Waals surface area (Å²) in [7, 11) is 0. The van der Waals surface area contributed by atoms with Crippen molar-refractivity contribution in [1.29, 1.82) is 0 Å². The van der Waals surface area contributed by atoms with Crippen molar-refractivity contribution in [3.05, 3.63) is 28.8 Å². The Balaban J connectivity index is 2.02. The van der Waals surface area contributed by atoms with Gasteiger partial charge < -0.3 is 15.2 Å². The van der Waals surface area contributed by atoms with Crippen LogP contribution in [0.25, 0.3) is 0 Å². The predicted molar refractivity (Wildman–Crippen MR) is 82.9 cm³/mol. The van der Waals surface area contributed by atoms with Crippen LogP contribution in [0.15, 0.2) is 18.2 Å². The van der Waals surface area contributed by atoms with Gasteiger partial charge in [-0.1, -0.05) is 30.9 Å². The highest BCUT2D eigenvalue weighted by Crippen LogP contribution is 2.38. The molecule has 0 atom stereocenters. The number of rotatable bonds is 6. The van der Waals surface area contributed by atoms with Crippen molar-refractivity contribution in [1.82, 2.24) is 5.32 Å². The first-order valence-electron chi connectivity index (χ1n) is 7.50.